The van der Waals surface area contributed by atoms with E-state index in [4.69, 9.17) is 10.5 Å². The lowest BCUT2D eigenvalue weighted by Crippen LogP contribution is -2.53. The summed E-state index contributed by atoms with van der Waals surface area (Å²) < 4.78 is 5.87. The second-order valence-electron chi connectivity index (χ2n) is 9.71. The molecule has 0 aliphatic heterocycles. The first-order valence-electron chi connectivity index (χ1n) is 11.2. The SMILES string of the molecule is CC(C)CC(N)CN[C@@H](Cc1ccc(OCc2ccccc2)cc1)C(=O)NC(C)(C)C.Cl.Cl. The van der Waals surface area contributed by atoms with Crippen molar-refractivity contribution in [3.05, 3.63) is 65.7 Å². The lowest BCUT2D eigenvalue weighted by atomic mass is 10.0. The molecule has 2 aromatic carbocycles. The Hall–Kier alpha value is -1.79. The molecule has 7 heteroatoms. The molecule has 0 aromatic heterocycles. The summed E-state index contributed by atoms with van der Waals surface area (Å²) in [6.45, 7) is 11.4. The van der Waals surface area contributed by atoms with E-state index in [9.17, 15) is 4.79 Å². The Bertz CT molecular complexity index is 793. The van der Waals surface area contributed by atoms with Crippen molar-refractivity contribution in [1.29, 1.82) is 0 Å². The van der Waals surface area contributed by atoms with E-state index in [1.807, 2.05) is 75.4 Å². The van der Waals surface area contributed by atoms with E-state index in [2.05, 4.69) is 24.5 Å². The van der Waals surface area contributed by atoms with Gasteiger partial charge < -0.3 is 21.1 Å². The van der Waals surface area contributed by atoms with E-state index in [0.29, 0.717) is 25.5 Å². The quantitative estimate of drug-likeness (QED) is 0.412. The van der Waals surface area contributed by atoms with Crippen LogP contribution in [0.1, 0.15) is 52.2 Å². The topological polar surface area (TPSA) is 76.4 Å². The van der Waals surface area contributed by atoms with Crippen LogP contribution in [0.2, 0.25) is 0 Å². The first-order valence-corrected chi connectivity index (χ1v) is 11.2. The van der Waals surface area contributed by atoms with Crippen LogP contribution in [0, 0.1) is 5.92 Å². The molecule has 0 fully saturated rings. The average Bonchev–Trinajstić information content (AvgIpc) is 2.69. The van der Waals surface area contributed by atoms with Crippen LogP contribution < -0.4 is 21.1 Å². The number of rotatable bonds is 11. The molecule has 0 heterocycles. The van der Waals surface area contributed by atoms with Gasteiger partial charge in [-0.1, -0.05) is 56.3 Å². The fourth-order valence-electron chi connectivity index (χ4n) is 3.40. The maximum Gasteiger partial charge on any atom is 0.237 e. The number of ether oxygens (including phenoxy) is 1. The van der Waals surface area contributed by atoms with E-state index >= 15 is 0 Å². The summed E-state index contributed by atoms with van der Waals surface area (Å²) in [5.74, 6) is 1.34. The summed E-state index contributed by atoms with van der Waals surface area (Å²) in [5, 5.41) is 6.48. The third kappa shape index (κ3) is 12.9. The van der Waals surface area contributed by atoms with Crippen LogP contribution in [0.15, 0.2) is 54.6 Å². The number of nitrogens with two attached hydrogens (primary N) is 1. The molecular weight excluding hydrogens is 457 g/mol. The number of hydrogen-bond donors (Lipinski definition) is 3. The standard InChI is InChI=1S/C26H39N3O2.2ClH/c1-19(2)15-22(27)17-28-24(25(30)29-26(3,4)5)16-20-11-13-23(14-12-20)31-18-21-9-7-6-8-10-21;;/h6-14,19,22,24,28H,15-18,27H2,1-5H3,(H,29,30);2*1H/t22?,24-;;/m0../s1. The monoisotopic (exact) mass is 497 g/mol. The molecular formula is C26H41Cl2N3O2. The van der Waals surface area contributed by atoms with Crippen LogP contribution >= 0.6 is 24.8 Å². The zero-order valence-electron chi connectivity index (χ0n) is 20.5. The van der Waals surface area contributed by atoms with Crippen molar-refractivity contribution in [3.63, 3.8) is 0 Å². The van der Waals surface area contributed by atoms with E-state index in [1.165, 1.54) is 0 Å². The molecule has 2 aromatic rings. The Morgan fingerprint density at radius 2 is 1.58 bits per heavy atom. The van der Waals surface area contributed by atoms with Crippen LogP contribution in [0.25, 0.3) is 0 Å². The fraction of sp³-hybridized carbons (Fsp3) is 0.500. The summed E-state index contributed by atoms with van der Waals surface area (Å²) in [5.41, 5.74) is 8.16. The molecule has 0 saturated heterocycles. The van der Waals surface area contributed by atoms with Gasteiger partial charge in [0.15, 0.2) is 0 Å². The fourth-order valence-corrected chi connectivity index (χ4v) is 3.40. The summed E-state index contributed by atoms with van der Waals surface area (Å²) in [7, 11) is 0. The van der Waals surface area contributed by atoms with Gasteiger partial charge in [0, 0.05) is 18.1 Å². The van der Waals surface area contributed by atoms with Gasteiger partial charge >= 0.3 is 0 Å². The number of carbonyl (C=O) groups is 1. The highest BCUT2D eigenvalue weighted by Crippen LogP contribution is 2.16. The van der Waals surface area contributed by atoms with Crippen LogP contribution in [-0.4, -0.2) is 30.1 Å². The Morgan fingerprint density at radius 1 is 0.970 bits per heavy atom. The summed E-state index contributed by atoms with van der Waals surface area (Å²) in [6.07, 6.45) is 1.52. The van der Waals surface area contributed by atoms with Crippen molar-refractivity contribution < 1.29 is 9.53 Å². The second-order valence-corrected chi connectivity index (χ2v) is 9.71. The molecule has 2 atom stereocenters. The Morgan fingerprint density at radius 3 is 2.12 bits per heavy atom. The van der Waals surface area contributed by atoms with Gasteiger partial charge in [0.05, 0.1) is 6.04 Å². The van der Waals surface area contributed by atoms with E-state index in [1.54, 1.807) is 0 Å². The van der Waals surface area contributed by atoms with Crippen molar-refractivity contribution in [3.8, 4) is 5.75 Å². The lowest BCUT2D eigenvalue weighted by Gasteiger charge is -2.27. The molecule has 0 saturated carbocycles. The third-order valence-electron chi connectivity index (χ3n) is 4.83. The molecule has 2 rings (SSSR count). The van der Waals surface area contributed by atoms with Gasteiger partial charge in [-0.05, 0) is 62.8 Å². The highest BCUT2D eigenvalue weighted by molar-refractivity contribution is 5.85. The Labute approximate surface area is 212 Å². The molecule has 1 amide bonds. The Kier molecular flexibility index (Phi) is 14.4. The minimum atomic E-state index is -0.339. The summed E-state index contributed by atoms with van der Waals surface area (Å²) in [4.78, 5) is 12.9. The van der Waals surface area contributed by atoms with Crippen LogP contribution in [0.3, 0.4) is 0 Å². The highest BCUT2D eigenvalue weighted by Gasteiger charge is 2.23. The second kappa shape index (κ2) is 15.2. The van der Waals surface area contributed by atoms with E-state index in [0.717, 1.165) is 23.3 Å². The Balaban J connectivity index is 0.00000512. The highest BCUT2D eigenvalue weighted by atomic mass is 35.5. The molecule has 186 valence electrons. The van der Waals surface area contributed by atoms with E-state index < -0.39 is 0 Å². The number of amides is 1. The number of carbonyl (C=O) groups excluding carboxylic acids is 1. The first-order chi connectivity index (χ1) is 14.6. The van der Waals surface area contributed by atoms with Gasteiger partial charge in [-0.2, -0.15) is 0 Å². The van der Waals surface area contributed by atoms with Gasteiger partial charge in [-0.15, -0.1) is 24.8 Å². The number of hydrogen-bond acceptors (Lipinski definition) is 4. The van der Waals surface area contributed by atoms with Crippen molar-refractivity contribution in [2.45, 2.75) is 71.7 Å². The van der Waals surface area contributed by atoms with Crippen molar-refractivity contribution >= 4 is 30.7 Å². The minimum Gasteiger partial charge on any atom is -0.489 e. The number of halogens is 2. The zero-order valence-corrected chi connectivity index (χ0v) is 22.1. The molecule has 33 heavy (non-hydrogen) atoms. The van der Waals surface area contributed by atoms with Gasteiger partial charge in [-0.3, -0.25) is 4.79 Å². The maximum absolute atomic E-state index is 12.9. The number of nitrogens with one attached hydrogen (secondary N) is 2. The van der Waals surface area contributed by atoms with Crippen LogP contribution in [0.4, 0.5) is 0 Å². The molecule has 4 N–H and O–H groups in total. The normalized spacial score (nSPS) is 12.8. The van der Waals surface area contributed by atoms with Gasteiger partial charge in [0.25, 0.3) is 0 Å². The van der Waals surface area contributed by atoms with Crippen LogP contribution in [-0.2, 0) is 17.8 Å². The molecule has 0 aliphatic rings. The van der Waals surface area contributed by atoms with Crippen molar-refractivity contribution in [1.82, 2.24) is 10.6 Å². The summed E-state index contributed by atoms with van der Waals surface area (Å²) >= 11 is 0. The molecule has 0 bridgehead atoms. The van der Waals surface area contributed by atoms with Crippen molar-refractivity contribution in [2.24, 2.45) is 11.7 Å². The molecule has 5 nitrogen and oxygen atoms in total. The molecule has 0 spiro atoms. The summed E-state index contributed by atoms with van der Waals surface area (Å²) in [6, 6.07) is 17.7. The van der Waals surface area contributed by atoms with Crippen LogP contribution in [0.5, 0.6) is 5.75 Å². The van der Waals surface area contributed by atoms with Gasteiger partial charge in [-0.25, -0.2) is 0 Å². The predicted octanol–water partition coefficient (Wildman–Crippen LogP) is 4.90. The molecule has 0 aliphatic carbocycles. The zero-order chi connectivity index (χ0) is 22.9. The van der Waals surface area contributed by atoms with Crippen molar-refractivity contribution in [2.75, 3.05) is 6.54 Å². The van der Waals surface area contributed by atoms with Gasteiger partial charge in [0.1, 0.15) is 12.4 Å². The smallest absolute Gasteiger partial charge is 0.237 e. The largest absolute Gasteiger partial charge is 0.489 e. The van der Waals surface area contributed by atoms with Gasteiger partial charge in [0.2, 0.25) is 5.91 Å². The average molecular weight is 499 g/mol. The lowest BCUT2D eigenvalue weighted by molar-refractivity contribution is -0.124. The maximum atomic E-state index is 12.9. The van der Waals surface area contributed by atoms with E-state index in [-0.39, 0.29) is 48.3 Å². The predicted molar refractivity (Wildman–Crippen MR) is 143 cm³/mol. The minimum absolute atomic E-state index is 0. The molecule has 1 unspecified atom stereocenters. The number of benzene rings is 2. The first kappa shape index (κ1) is 31.2. The third-order valence-corrected chi connectivity index (χ3v) is 4.83. The molecule has 0 radical (unpaired) electrons.